The van der Waals surface area contributed by atoms with Gasteiger partial charge in [-0.25, -0.2) is 0 Å². The largest absolute Gasteiger partial charge is 0.330 e. The molecule has 19 heavy (non-hydrogen) atoms. The quantitative estimate of drug-likeness (QED) is 0.787. The molecule has 0 heterocycles. The van der Waals surface area contributed by atoms with Crippen LogP contribution in [0.5, 0.6) is 0 Å². The molecule has 0 radical (unpaired) electrons. The van der Waals surface area contributed by atoms with Crippen molar-refractivity contribution in [2.24, 2.45) is 17.1 Å². The van der Waals surface area contributed by atoms with Crippen molar-refractivity contribution in [2.75, 3.05) is 6.54 Å². The van der Waals surface area contributed by atoms with Crippen molar-refractivity contribution in [3.63, 3.8) is 0 Å². The standard InChI is InChI=1S/C17H27NO/c1-13-5-7-14(8-6-13)16(19)10-9-15(11-12-18)17(2,3)4/h5-8,15H,9-12,18H2,1-4H3. The number of hydrogen-bond donors (Lipinski definition) is 1. The first-order valence-electron chi connectivity index (χ1n) is 7.14. The van der Waals surface area contributed by atoms with Gasteiger partial charge in [0.15, 0.2) is 5.78 Å². The molecule has 1 unspecified atom stereocenters. The fourth-order valence-electron chi connectivity index (χ4n) is 2.40. The lowest BCUT2D eigenvalue weighted by atomic mass is 9.76. The van der Waals surface area contributed by atoms with E-state index in [2.05, 4.69) is 20.8 Å². The monoisotopic (exact) mass is 261 g/mol. The molecule has 0 fully saturated rings. The van der Waals surface area contributed by atoms with E-state index >= 15 is 0 Å². The maximum atomic E-state index is 12.2. The van der Waals surface area contributed by atoms with E-state index in [1.54, 1.807) is 0 Å². The van der Waals surface area contributed by atoms with Crippen molar-refractivity contribution in [2.45, 2.75) is 47.0 Å². The Morgan fingerprint density at radius 1 is 1.16 bits per heavy atom. The molecule has 2 nitrogen and oxygen atoms in total. The van der Waals surface area contributed by atoms with E-state index in [0.29, 0.717) is 18.9 Å². The Labute approximate surface area is 117 Å². The van der Waals surface area contributed by atoms with Gasteiger partial charge in [0.25, 0.3) is 0 Å². The molecule has 1 rings (SSSR count). The second-order valence-electron chi connectivity index (χ2n) is 6.47. The topological polar surface area (TPSA) is 43.1 Å². The van der Waals surface area contributed by atoms with E-state index in [1.807, 2.05) is 31.2 Å². The van der Waals surface area contributed by atoms with Gasteiger partial charge in [0, 0.05) is 12.0 Å². The molecule has 0 amide bonds. The molecular weight excluding hydrogens is 234 g/mol. The van der Waals surface area contributed by atoms with Gasteiger partial charge in [-0.2, -0.15) is 0 Å². The molecule has 1 atom stereocenters. The smallest absolute Gasteiger partial charge is 0.162 e. The summed E-state index contributed by atoms with van der Waals surface area (Å²) in [6.45, 7) is 9.41. The van der Waals surface area contributed by atoms with Crippen LogP contribution in [-0.2, 0) is 0 Å². The van der Waals surface area contributed by atoms with E-state index in [-0.39, 0.29) is 11.2 Å². The Morgan fingerprint density at radius 2 is 1.74 bits per heavy atom. The summed E-state index contributed by atoms with van der Waals surface area (Å²) >= 11 is 0. The van der Waals surface area contributed by atoms with Crippen molar-refractivity contribution >= 4 is 5.78 Å². The van der Waals surface area contributed by atoms with Crippen LogP contribution < -0.4 is 5.73 Å². The van der Waals surface area contributed by atoms with Crippen LogP contribution in [0.2, 0.25) is 0 Å². The molecule has 0 saturated carbocycles. The van der Waals surface area contributed by atoms with E-state index < -0.39 is 0 Å². The molecule has 0 spiro atoms. The first-order chi connectivity index (χ1) is 8.84. The normalized spacial score (nSPS) is 13.3. The molecule has 0 aliphatic rings. The van der Waals surface area contributed by atoms with Crippen molar-refractivity contribution in [1.29, 1.82) is 0 Å². The highest BCUT2D eigenvalue weighted by Gasteiger charge is 2.24. The Hall–Kier alpha value is -1.15. The molecule has 2 heteroatoms. The summed E-state index contributed by atoms with van der Waals surface area (Å²) in [4.78, 5) is 12.2. The highest BCUT2D eigenvalue weighted by atomic mass is 16.1. The van der Waals surface area contributed by atoms with Crippen molar-refractivity contribution in [1.82, 2.24) is 0 Å². The molecule has 106 valence electrons. The summed E-state index contributed by atoms with van der Waals surface area (Å²) in [6, 6.07) is 7.84. The minimum atomic E-state index is 0.215. The van der Waals surface area contributed by atoms with Crippen LogP contribution in [0.25, 0.3) is 0 Å². The Kier molecular flexibility index (Phi) is 5.74. The average molecular weight is 261 g/mol. The van der Waals surface area contributed by atoms with Crippen LogP contribution in [0, 0.1) is 18.3 Å². The number of hydrogen-bond acceptors (Lipinski definition) is 2. The molecule has 0 bridgehead atoms. The van der Waals surface area contributed by atoms with Crippen molar-refractivity contribution in [3.05, 3.63) is 35.4 Å². The summed E-state index contributed by atoms with van der Waals surface area (Å²) < 4.78 is 0. The maximum absolute atomic E-state index is 12.2. The number of carbonyl (C=O) groups excluding carboxylic acids is 1. The molecule has 0 aromatic heterocycles. The maximum Gasteiger partial charge on any atom is 0.162 e. The van der Waals surface area contributed by atoms with Gasteiger partial charge in [0.05, 0.1) is 0 Å². The third-order valence-electron chi connectivity index (χ3n) is 3.83. The summed E-state index contributed by atoms with van der Waals surface area (Å²) in [7, 11) is 0. The highest BCUT2D eigenvalue weighted by Crippen LogP contribution is 2.32. The molecule has 1 aromatic carbocycles. The van der Waals surface area contributed by atoms with Gasteiger partial charge >= 0.3 is 0 Å². The van der Waals surface area contributed by atoms with Crippen LogP contribution in [0.1, 0.15) is 56.0 Å². The van der Waals surface area contributed by atoms with Gasteiger partial charge < -0.3 is 5.73 Å². The Balaban J connectivity index is 2.59. The second-order valence-corrected chi connectivity index (χ2v) is 6.47. The third kappa shape index (κ3) is 5.15. The number of nitrogens with two attached hydrogens (primary N) is 1. The second kappa shape index (κ2) is 6.85. The molecule has 0 saturated heterocycles. The lowest BCUT2D eigenvalue weighted by Gasteiger charge is -2.30. The van der Waals surface area contributed by atoms with Crippen LogP contribution in [0.3, 0.4) is 0 Å². The van der Waals surface area contributed by atoms with Gasteiger partial charge in [0.2, 0.25) is 0 Å². The third-order valence-corrected chi connectivity index (χ3v) is 3.83. The molecule has 0 aliphatic carbocycles. The van der Waals surface area contributed by atoms with E-state index in [9.17, 15) is 4.79 Å². The lowest BCUT2D eigenvalue weighted by Crippen LogP contribution is -2.24. The summed E-state index contributed by atoms with van der Waals surface area (Å²) in [5, 5.41) is 0. The number of aryl methyl sites for hydroxylation is 1. The molecule has 2 N–H and O–H groups in total. The Morgan fingerprint density at radius 3 is 2.21 bits per heavy atom. The van der Waals surface area contributed by atoms with Crippen LogP contribution >= 0.6 is 0 Å². The number of Topliss-reactive ketones (excluding diaryl/α,β-unsaturated/α-hetero) is 1. The fraction of sp³-hybridized carbons (Fsp3) is 0.588. The first kappa shape index (κ1) is 15.9. The molecular formula is C17H27NO. The first-order valence-corrected chi connectivity index (χ1v) is 7.14. The van der Waals surface area contributed by atoms with E-state index in [1.165, 1.54) is 5.56 Å². The minimum absolute atomic E-state index is 0.215. The zero-order valence-electron chi connectivity index (χ0n) is 12.7. The van der Waals surface area contributed by atoms with Gasteiger partial charge in [0.1, 0.15) is 0 Å². The highest BCUT2D eigenvalue weighted by molar-refractivity contribution is 5.96. The molecule has 0 aliphatic heterocycles. The SMILES string of the molecule is Cc1ccc(C(=O)CCC(CCN)C(C)(C)C)cc1. The van der Waals surface area contributed by atoms with Gasteiger partial charge in [-0.15, -0.1) is 0 Å². The number of ketones is 1. The zero-order chi connectivity index (χ0) is 14.5. The van der Waals surface area contributed by atoms with Crippen LogP contribution in [0.4, 0.5) is 0 Å². The van der Waals surface area contributed by atoms with Crippen molar-refractivity contribution in [3.8, 4) is 0 Å². The van der Waals surface area contributed by atoms with E-state index in [4.69, 9.17) is 5.73 Å². The van der Waals surface area contributed by atoms with Gasteiger partial charge in [-0.1, -0.05) is 50.6 Å². The Bertz CT molecular complexity index is 400. The summed E-state index contributed by atoms with van der Waals surface area (Å²) in [5.74, 6) is 0.748. The van der Waals surface area contributed by atoms with Crippen LogP contribution in [-0.4, -0.2) is 12.3 Å². The number of rotatable bonds is 6. The van der Waals surface area contributed by atoms with E-state index in [0.717, 1.165) is 18.4 Å². The predicted octanol–water partition coefficient (Wildman–Crippen LogP) is 3.97. The number of carbonyl (C=O) groups is 1. The molecule has 1 aromatic rings. The van der Waals surface area contributed by atoms with Crippen LogP contribution in [0.15, 0.2) is 24.3 Å². The zero-order valence-corrected chi connectivity index (χ0v) is 12.7. The fourth-order valence-corrected chi connectivity index (χ4v) is 2.40. The predicted molar refractivity (Wildman–Crippen MR) is 81.4 cm³/mol. The van der Waals surface area contributed by atoms with Gasteiger partial charge in [-0.05, 0) is 37.6 Å². The summed E-state index contributed by atoms with van der Waals surface area (Å²) in [6.07, 6.45) is 2.53. The van der Waals surface area contributed by atoms with Gasteiger partial charge in [-0.3, -0.25) is 4.79 Å². The lowest BCUT2D eigenvalue weighted by molar-refractivity contribution is 0.0958. The average Bonchev–Trinajstić information content (AvgIpc) is 2.33. The van der Waals surface area contributed by atoms with Crippen molar-refractivity contribution < 1.29 is 4.79 Å². The minimum Gasteiger partial charge on any atom is -0.330 e. The summed E-state index contributed by atoms with van der Waals surface area (Å²) in [5.41, 5.74) is 7.90. The number of benzene rings is 1.